The van der Waals surface area contributed by atoms with Crippen LogP contribution in [-0.4, -0.2) is 36.8 Å². The van der Waals surface area contributed by atoms with E-state index in [2.05, 4.69) is 5.32 Å². The minimum Gasteiger partial charge on any atom is -0.493 e. The summed E-state index contributed by atoms with van der Waals surface area (Å²) in [5.41, 5.74) is 1.37. The van der Waals surface area contributed by atoms with E-state index in [1.807, 2.05) is 31.2 Å². The number of carbonyl (C=O) groups excluding carboxylic acids is 1. The summed E-state index contributed by atoms with van der Waals surface area (Å²) in [4.78, 5) is 24.7. The average Bonchev–Trinajstić information content (AvgIpc) is 3.63. The third-order valence-electron chi connectivity index (χ3n) is 6.36. The van der Waals surface area contributed by atoms with Gasteiger partial charge in [0.25, 0.3) is 0 Å². The van der Waals surface area contributed by atoms with Crippen LogP contribution in [0.15, 0.2) is 48.5 Å². The fourth-order valence-electron chi connectivity index (χ4n) is 4.08. The van der Waals surface area contributed by atoms with Gasteiger partial charge in [0.2, 0.25) is 5.91 Å². The highest BCUT2D eigenvalue weighted by atomic mass is 16.5. The number of benzene rings is 2. The molecule has 4 rings (SSSR count). The molecule has 1 aliphatic carbocycles. The molecule has 1 saturated carbocycles. The predicted octanol–water partition coefficient (Wildman–Crippen LogP) is 4.10. The second-order valence-electron chi connectivity index (χ2n) is 8.60. The number of carboxylic acids is 1. The van der Waals surface area contributed by atoms with E-state index in [0.717, 1.165) is 23.5 Å². The molecule has 2 aliphatic rings. The smallest absolute Gasteiger partial charge is 0.335 e. The summed E-state index contributed by atoms with van der Waals surface area (Å²) in [6, 6.07) is 14.3. The first-order valence-corrected chi connectivity index (χ1v) is 10.9. The number of rotatable bonds is 8. The van der Waals surface area contributed by atoms with Crippen LogP contribution in [0.4, 0.5) is 0 Å². The molecule has 1 amide bonds. The summed E-state index contributed by atoms with van der Waals surface area (Å²) in [7, 11) is 0. The molecule has 2 aromatic carbocycles. The van der Waals surface area contributed by atoms with Gasteiger partial charge in [-0.05, 0) is 73.9 Å². The molecular formula is C25H29NO5. The van der Waals surface area contributed by atoms with Crippen LogP contribution >= 0.6 is 0 Å². The average molecular weight is 424 g/mol. The van der Waals surface area contributed by atoms with Crippen LogP contribution in [0.25, 0.3) is 0 Å². The molecule has 0 aromatic heterocycles. The molecule has 2 fully saturated rings. The van der Waals surface area contributed by atoms with Crippen LogP contribution in [0.1, 0.15) is 60.1 Å². The Hall–Kier alpha value is -2.86. The van der Waals surface area contributed by atoms with E-state index in [4.69, 9.17) is 14.6 Å². The highest BCUT2D eigenvalue weighted by Gasteiger charge is 2.42. The number of nitrogens with one attached hydrogen (secondary N) is 1. The van der Waals surface area contributed by atoms with Crippen LogP contribution in [0.5, 0.6) is 5.75 Å². The summed E-state index contributed by atoms with van der Waals surface area (Å²) in [6.07, 6.45) is 3.68. The van der Waals surface area contributed by atoms with E-state index in [9.17, 15) is 9.59 Å². The third-order valence-corrected chi connectivity index (χ3v) is 6.36. The van der Waals surface area contributed by atoms with Crippen molar-refractivity contribution in [2.45, 2.75) is 44.1 Å². The first kappa shape index (κ1) is 21.4. The van der Waals surface area contributed by atoms with Crippen molar-refractivity contribution in [2.75, 3.05) is 19.8 Å². The lowest BCUT2D eigenvalue weighted by molar-refractivity contribution is -0.131. The molecule has 0 spiro atoms. The molecule has 6 heteroatoms. The molecular weight excluding hydrogens is 394 g/mol. The van der Waals surface area contributed by atoms with Gasteiger partial charge < -0.3 is 19.9 Å². The van der Waals surface area contributed by atoms with Gasteiger partial charge in [-0.1, -0.05) is 24.3 Å². The van der Waals surface area contributed by atoms with E-state index in [1.165, 1.54) is 12.8 Å². The number of hydrogen-bond donors (Lipinski definition) is 2. The maximum Gasteiger partial charge on any atom is 0.335 e. The van der Waals surface area contributed by atoms with Crippen LogP contribution in [-0.2, 0) is 14.9 Å². The number of carboxylic acid groups (broad SMARTS) is 1. The molecule has 0 radical (unpaired) electrons. The largest absolute Gasteiger partial charge is 0.493 e. The molecule has 2 aromatic rings. The second kappa shape index (κ2) is 9.10. The highest BCUT2D eigenvalue weighted by Crippen LogP contribution is 2.38. The molecule has 0 unspecified atom stereocenters. The minimum atomic E-state index is -0.965. The lowest BCUT2D eigenvalue weighted by Gasteiger charge is -2.37. The van der Waals surface area contributed by atoms with E-state index in [-0.39, 0.29) is 17.5 Å². The Kier molecular flexibility index (Phi) is 6.28. The number of ether oxygens (including phenoxy) is 2. The number of hydrogen-bond acceptors (Lipinski definition) is 4. The van der Waals surface area contributed by atoms with Gasteiger partial charge in [0.1, 0.15) is 5.75 Å². The van der Waals surface area contributed by atoms with Crippen molar-refractivity contribution in [1.82, 2.24) is 5.32 Å². The molecule has 1 heterocycles. The lowest BCUT2D eigenvalue weighted by atomic mass is 9.73. The van der Waals surface area contributed by atoms with Gasteiger partial charge in [-0.25, -0.2) is 4.79 Å². The molecule has 6 nitrogen and oxygen atoms in total. The predicted molar refractivity (Wildman–Crippen MR) is 116 cm³/mol. The Balaban J connectivity index is 1.53. The maximum atomic E-state index is 13.6. The van der Waals surface area contributed by atoms with Gasteiger partial charge in [0.05, 0.1) is 23.6 Å². The first-order chi connectivity index (χ1) is 15.0. The Morgan fingerprint density at radius 1 is 1.16 bits per heavy atom. The van der Waals surface area contributed by atoms with Crippen LogP contribution in [0.3, 0.4) is 0 Å². The van der Waals surface area contributed by atoms with Crippen molar-refractivity contribution in [1.29, 1.82) is 0 Å². The van der Waals surface area contributed by atoms with Gasteiger partial charge >= 0.3 is 5.97 Å². The van der Waals surface area contributed by atoms with Crippen molar-refractivity contribution in [3.8, 4) is 5.75 Å². The SMILES string of the molecule is C[C@H](NC(=O)C1(c2cccc(OCC3CC3)c2)CCOCC1)c1ccc(C(=O)O)cc1. The summed E-state index contributed by atoms with van der Waals surface area (Å²) >= 11 is 0. The number of aromatic carboxylic acids is 1. The molecule has 31 heavy (non-hydrogen) atoms. The van der Waals surface area contributed by atoms with Gasteiger partial charge in [-0.15, -0.1) is 0 Å². The zero-order valence-corrected chi connectivity index (χ0v) is 17.8. The van der Waals surface area contributed by atoms with E-state index >= 15 is 0 Å². The van der Waals surface area contributed by atoms with E-state index < -0.39 is 11.4 Å². The van der Waals surface area contributed by atoms with Gasteiger partial charge in [-0.3, -0.25) is 4.79 Å². The van der Waals surface area contributed by atoms with Crippen LogP contribution in [0, 0.1) is 5.92 Å². The Labute approximate surface area is 182 Å². The van der Waals surface area contributed by atoms with Crippen molar-refractivity contribution < 1.29 is 24.2 Å². The quantitative estimate of drug-likeness (QED) is 0.668. The minimum absolute atomic E-state index is 0.0371. The Morgan fingerprint density at radius 3 is 2.52 bits per heavy atom. The molecule has 0 bridgehead atoms. The van der Waals surface area contributed by atoms with Crippen molar-refractivity contribution in [2.24, 2.45) is 5.92 Å². The number of carbonyl (C=O) groups is 2. The summed E-state index contributed by atoms with van der Waals surface area (Å²) in [6.45, 7) is 3.70. The van der Waals surface area contributed by atoms with Crippen molar-refractivity contribution in [3.05, 3.63) is 65.2 Å². The topological polar surface area (TPSA) is 84.9 Å². The zero-order valence-electron chi connectivity index (χ0n) is 17.8. The fraction of sp³-hybridized carbons (Fsp3) is 0.440. The molecule has 1 atom stereocenters. The molecule has 1 aliphatic heterocycles. The van der Waals surface area contributed by atoms with Crippen LogP contribution < -0.4 is 10.1 Å². The standard InChI is InChI=1S/C25H29NO5/c1-17(19-7-9-20(10-8-19)23(27)28)26-24(29)25(11-13-30-14-12-25)21-3-2-4-22(15-21)31-16-18-5-6-18/h2-4,7-10,15,17-18H,5-6,11-14,16H2,1H3,(H,26,29)(H,27,28)/t17-/m0/s1. The van der Waals surface area contributed by atoms with Gasteiger partial charge in [0, 0.05) is 13.2 Å². The highest BCUT2D eigenvalue weighted by molar-refractivity contribution is 5.89. The molecule has 2 N–H and O–H groups in total. The summed E-state index contributed by atoms with van der Waals surface area (Å²) in [5.74, 6) is 0.468. The Bertz CT molecular complexity index is 929. The van der Waals surface area contributed by atoms with E-state index in [0.29, 0.717) is 32.0 Å². The molecule has 164 valence electrons. The van der Waals surface area contributed by atoms with Crippen molar-refractivity contribution in [3.63, 3.8) is 0 Å². The van der Waals surface area contributed by atoms with Crippen molar-refractivity contribution >= 4 is 11.9 Å². The van der Waals surface area contributed by atoms with Gasteiger partial charge in [0.15, 0.2) is 0 Å². The third kappa shape index (κ3) is 4.90. The second-order valence-corrected chi connectivity index (χ2v) is 8.60. The van der Waals surface area contributed by atoms with Gasteiger partial charge in [-0.2, -0.15) is 0 Å². The lowest BCUT2D eigenvalue weighted by Crippen LogP contribution is -2.48. The molecule has 1 saturated heterocycles. The summed E-state index contributed by atoms with van der Waals surface area (Å²) in [5, 5.41) is 12.2. The zero-order chi connectivity index (χ0) is 21.8. The maximum absolute atomic E-state index is 13.6. The summed E-state index contributed by atoms with van der Waals surface area (Å²) < 4.78 is 11.5. The van der Waals surface area contributed by atoms with Crippen LogP contribution in [0.2, 0.25) is 0 Å². The Morgan fingerprint density at radius 2 is 1.87 bits per heavy atom. The first-order valence-electron chi connectivity index (χ1n) is 10.9. The van der Waals surface area contributed by atoms with E-state index in [1.54, 1.807) is 24.3 Å². The monoisotopic (exact) mass is 423 g/mol. The normalized spacial score (nSPS) is 18.7. The fourth-order valence-corrected chi connectivity index (χ4v) is 4.08. The number of amides is 1.